The molecule has 0 aromatic heterocycles. The molecule has 1 aromatic carbocycles. The van der Waals surface area contributed by atoms with Crippen molar-refractivity contribution < 1.29 is 9.90 Å². The maximum absolute atomic E-state index is 12.1. The van der Waals surface area contributed by atoms with Gasteiger partial charge in [0, 0.05) is 17.2 Å². The number of nitrogens with one attached hydrogen (secondary N) is 1. The van der Waals surface area contributed by atoms with Crippen molar-refractivity contribution in [1.29, 1.82) is 0 Å². The van der Waals surface area contributed by atoms with Crippen LogP contribution in [0, 0.1) is 17.3 Å². The van der Waals surface area contributed by atoms with Gasteiger partial charge >= 0.3 is 0 Å². The van der Waals surface area contributed by atoms with E-state index >= 15 is 0 Å². The fourth-order valence-electron chi connectivity index (χ4n) is 2.67. The third-order valence-electron chi connectivity index (χ3n) is 3.76. The van der Waals surface area contributed by atoms with Crippen molar-refractivity contribution in [2.45, 2.75) is 39.2 Å². The Kier molecular flexibility index (Phi) is 4.46. The van der Waals surface area contributed by atoms with Crippen molar-refractivity contribution in [2.24, 2.45) is 5.41 Å². The second-order valence-electron chi connectivity index (χ2n) is 6.11. The molecule has 2 N–H and O–H groups in total. The minimum absolute atomic E-state index is 0.0191. The highest BCUT2D eigenvalue weighted by molar-refractivity contribution is 5.94. The Morgan fingerprint density at radius 3 is 2.65 bits per heavy atom. The minimum atomic E-state index is -0.153. The molecule has 1 aliphatic rings. The molecule has 1 aromatic rings. The molecule has 3 nitrogen and oxygen atoms in total. The summed E-state index contributed by atoms with van der Waals surface area (Å²) in [5.74, 6) is 5.38. The van der Waals surface area contributed by atoms with Gasteiger partial charge in [0.25, 0.3) is 5.91 Å². The number of amides is 1. The van der Waals surface area contributed by atoms with Crippen LogP contribution in [0.5, 0.6) is 0 Å². The molecule has 1 saturated carbocycles. The zero-order chi connectivity index (χ0) is 14.6. The maximum atomic E-state index is 12.1. The molecule has 1 unspecified atom stereocenters. The van der Waals surface area contributed by atoms with E-state index in [9.17, 15) is 4.79 Å². The van der Waals surface area contributed by atoms with Gasteiger partial charge in [-0.05, 0) is 48.9 Å². The zero-order valence-electron chi connectivity index (χ0n) is 12.1. The number of aliphatic hydroxyl groups is 1. The van der Waals surface area contributed by atoms with Gasteiger partial charge in [0.2, 0.25) is 0 Å². The molecule has 1 amide bonds. The molecular formula is C17H21NO2. The van der Waals surface area contributed by atoms with Crippen LogP contribution in [0.15, 0.2) is 24.3 Å². The van der Waals surface area contributed by atoms with E-state index in [0.29, 0.717) is 11.0 Å². The summed E-state index contributed by atoms with van der Waals surface area (Å²) >= 11 is 0. The van der Waals surface area contributed by atoms with Crippen molar-refractivity contribution >= 4 is 5.91 Å². The molecular weight excluding hydrogens is 250 g/mol. The highest BCUT2D eigenvalue weighted by Crippen LogP contribution is 2.36. The van der Waals surface area contributed by atoms with Crippen LogP contribution < -0.4 is 5.32 Å². The Bertz CT molecular complexity index is 534. The first kappa shape index (κ1) is 14.6. The summed E-state index contributed by atoms with van der Waals surface area (Å²) in [7, 11) is 0. The van der Waals surface area contributed by atoms with Gasteiger partial charge in [-0.15, -0.1) is 0 Å². The van der Waals surface area contributed by atoms with E-state index < -0.39 is 0 Å². The van der Waals surface area contributed by atoms with Gasteiger partial charge in [0.05, 0.1) is 0 Å². The number of benzene rings is 1. The molecule has 1 aliphatic carbocycles. The summed E-state index contributed by atoms with van der Waals surface area (Å²) in [6, 6.07) is 7.44. The number of aliphatic hydroxyl groups excluding tert-OH is 1. The van der Waals surface area contributed by atoms with Gasteiger partial charge in [0.1, 0.15) is 6.61 Å². The van der Waals surface area contributed by atoms with Gasteiger partial charge in [-0.3, -0.25) is 4.79 Å². The first-order chi connectivity index (χ1) is 9.50. The summed E-state index contributed by atoms with van der Waals surface area (Å²) < 4.78 is 0. The van der Waals surface area contributed by atoms with Crippen molar-refractivity contribution in [3.63, 3.8) is 0 Å². The van der Waals surface area contributed by atoms with E-state index in [2.05, 4.69) is 31.0 Å². The maximum Gasteiger partial charge on any atom is 0.251 e. The largest absolute Gasteiger partial charge is 0.384 e. The van der Waals surface area contributed by atoms with Crippen LogP contribution >= 0.6 is 0 Å². The fraction of sp³-hybridized carbons (Fsp3) is 0.471. The Balaban J connectivity index is 1.96. The average molecular weight is 271 g/mol. The zero-order valence-corrected chi connectivity index (χ0v) is 12.1. The summed E-state index contributed by atoms with van der Waals surface area (Å²) in [6.07, 6.45) is 3.26. The van der Waals surface area contributed by atoms with E-state index in [4.69, 9.17) is 5.11 Å². The van der Waals surface area contributed by atoms with Crippen molar-refractivity contribution in [3.05, 3.63) is 35.4 Å². The summed E-state index contributed by atoms with van der Waals surface area (Å²) in [5.41, 5.74) is 1.80. The third-order valence-corrected chi connectivity index (χ3v) is 3.76. The van der Waals surface area contributed by atoms with E-state index in [1.807, 2.05) is 0 Å². The van der Waals surface area contributed by atoms with E-state index in [-0.39, 0.29) is 18.6 Å². The second kappa shape index (κ2) is 6.11. The minimum Gasteiger partial charge on any atom is -0.384 e. The Morgan fingerprint density at radius 1 is 1.40 bits per heavy atom. The van der Waals surface area contributed by atoms with Crippen LogP contribution in [-0.4, -0.2) is 23.7 Å². The average Bonchev–Trinajstić information content (AvgIpc) is 2.76. The molecule has 0 heterocycles. The monoisotopic (exact) mass is 271 g/mol. The Labute approximate surface area is 120 Å². The van der Waals surface area contributed by atoms with E-state index in [1.165, 1.54) is 0 Å². The smallest absolute Gasteiger partial charge is 0.251 e. The van der Waals surface area contributed by atoms with Gasteiger partial charge < -0.3 is 10.4 Å². The normalized spacial score (nSPS) is 20.1. The first-order valence-corrected chi connectivity index (χ1v) is 7.01. The molecule has 20 heavy (non-hydrogen) atoms. The highest BCUT2D eigenvalue weighted by Gasteiger charge is 2.31. The number of hydrogen-bond donors (Lipinski definition) is 2. The van der Waals surface area contributed by atoms with Crippen LogP contribution in [0.25, 0.3) is 0 Å². The lowest BCUT2D eigenvalue weighted by molar-refractivity contribution is 0.0936. The Morgan fingerprint density at radius 2 is 2.10 bits per heavy atom. The highest BCUT2D eigenvalue weighted by atomic mass is 16.2. The molecule has 2 rings (SSSR count). The summed E-state index contributed by atoms with van der Waals surface area (Å²) in [4.78, 5) is 12.1. The second-order valence-corrected chi connectivity index (χ2v) is 6.11. The van der Waals surface area contributed by atoms with Gasteiger partial charge in [-0.25, -0.2) is 0 Å². The van der Waals surface area contributed by atoms with E-state index in [1.54, 1.807) is 24.3 Å². The predicted molar refractivity (Wildman–Crippen MR) is 79.3 cm³/mol. The van der Waals surface area contributed by atoms with Crippen molar-refractivity contribution in [3.8, 4) is 11.8 Å². The summed E-state index contributed by atoms with van der Waals surface area (Å²) in [5, 5.41) is 11.7. The molecule has 106 valence electrons. The lowest BCUT2D eigenvalue weighted by atomic mass is 9.92. The first-order valence-electron chi connectivity index (χ1n) is 7.01. The molecule has 0 aliphatic heterocycles. The van der Waals surface area contributed by atoms with Crippen LogP contribution in [0.3, 0.4) is 0 Å². The molecule has 0 bridgehead atoms. The fourth-order valence-corrected chi connectivity index (χ4v) is 2.67. The summed E-state index contributed by atoms with van der Waals surface area (Å²) in [6.45, 7) is 4.33. The topological polar surface area (TPSA) is 49.3 Å². The molecule has 0 spiro atoms. The van der Waals surface area contributed by atoms with Gasteiger partial charge in [-0.2, -0.15) is 0 Å². The predicted octanol–water partition coefficient (Wildman–Crippen LogP) is 2.34. The van der Waals surface area contributed by atoms with Crippen LogP contribution in [0.1, 0.15) is 49.0 Å². The van der Waals surface area contributed by atoms with Crippen molar-refractivity contribution in [1.82, 2.24) is 5.32 Å². The molecule has 3 heteroatoms. The number of rotatable bonds is 2. The van der Waals surface area contributed by atoms with E-state index in [0.717, 1.165) is 24.8 Å². The SMILES string of the molecule is CC1(C)CCC(NC(=O)c2ccc(C#CCO)cc2)C1. The lowest BCUT2D eigenvalue weighted by Crippen LogP contribution is -2.33. The lowest BCUT2D eigenvalue weighted by Gasteiger charge is -2.17. The van der Waals surface area contributed by atoms with Gasteiger partial charge in [-0.1, -0.05) is 25.7 Å². The molecule has 1 atom stereocenters. The molecule has 1 fully saturated rings. The standard InChI is InChI=1S/C17H21NO2/c1-17(2)10-9-15(12-17)18-16(20)14-7-5-13(6-8-14)4-3-11-19/h5-8,15,19H,9-12H2,1-2H3,(H,18,20). The Hall–Kier alpha value is -1.79. The quantitative estimate of drug-likeness (QED) is 0.811. The van der Waals surface area contributed by atoms with Crippen molar-refractivity contribution in [2.75, 3.05) is 6.61 Å². The number of hydrogen-bond acceptors (Lipinski definition) is 2. The van der Waals surface area contributed by atoms with Gasteiger partial charge in [0.15, 0.2) is 0 Å². The molecule has 0 radical (unpaired) electrons. The van der Waals surface area contributed by atoms with Crippen LogP contribution in [0.4, 0.5) is 0 Å². The van der Waals surface area contributed by atoms with Crippen LogP contribution in [-0.2, 0) is 0 Å². The van der Waals surface area contributed by atoms with Crippen LogP contribution in [0.2, 0.25) is 0 Å². The molecule has 0 saturated heterocycles. The number of carbonyl (C=O) groups is 1. The third kappa shape index (κ3) is 3.85. The number of carbonyl (C=O) groups excluding carboxylic acids is 1.